The lowest BCUT2D eigenvalue weighted by atomic mass is 10.1. The molecule has 1 aromatic heterocycles. The summed E-state index contributed by atoms with van der Waals surface area (Å²) in [4.78, 5) is 4.81. The molecule has 3 heteroatoms. The van der Waals surface area contributed by atoms with Crippen LogP contribution >= 0.6 is 0 Å². The largest absolute Gasteiger partial charge is 0.328 e. The zero-order valence-corrected chi connectivity index (χ0v) is 12.9. The molecule has 0 saturated carbocycles. The number of nitrogens with zero attached hydrogens (tertiary/aromatic N) is 3. The molecule has 0 unspecified atom stereocenters. The number of hydrogen-bond acceptors (Lipinski definition) is 2. The van der Waals surface area contributed by atoms with E-state index in [1.165, 1.54) is 16.6 Å². The number of unbranched alkanes of at least 4 members (excludes halogenated alkanes) is 1. The van der Waals surface area contributed by atoms with E-state index >= 15 is 0 Å². The third kappa shape index (κ3) is 3.01. The van der Waals surface area contributed by atoms with Gasteiger partial charge >= 0.3 is 0 Å². The lowest BCUT2D eigenvalue weighted by Crippen LogP contribution is -2.07. The highest BCUT2D eigenvalue weighted by Crippen LogP contribution is 2.23. The van der Waals surface area contributed by atoms with Gasteiger partial charge in [0.25, 0.3) is 0 Å². The lowest BCUT2D eigenvalue weighted by Gasteiger charge is -2.10. The minimum absolute atomic E-state index is 0.587. The fourth-order valence-corrected chi connectivity index (χ4v) is 2.52. The molecular formula is C17H23N3. The van der Waals surface area contributed by atoms with Gasteiger partial charge in [0.1, 0.15) is 5.82 Å². The van der Waals surface area contributed by atoms with Crippen LogP contribution in [0.4, 0.5) is 0 Å². The van der Waals surface area contributed by atoms with E-state index in [0.29, 0.717) is 12.3 Å². The summed E-state index contributed by atoms with van der Waals surface area (Å²) in [5, 5.41) is 8.73. The molecule has 2 aromatic rings. The van der Waals surface area contributed by atoms with Gasteiger partial charge in [-0.1, -0.05) is 13.8 Å². The SMILES string of the molecule is Cc1cc2nc(CC(C)C)n(CCCC#N)c2cc1C. The predicted molar refractivity (Wildman–Crippen MR) is 82.6 cm³/mol. The molecule has 1 heterocycles. The van der Waals surface area contributed by atoms with Gasteiger partial charge in [-0.2, -0.15) is 5.26 Å². The van der Waals surface area contributed by atoms with Crippen molar-refractivity contribution in [2.45, 2.75) is 53.5 Å². The van der Waals surface area contributed by atoms with E-state index in [-0.39, 0.29) is 0 Å². The van der Waals surface area contributed by atoms with Gasteiger partial charge in [0.15, 0.2) is 0 Å². The molecule has 0 saturated heterocycles. The number of aryl methyl sites for hydroxylation is 3. The molecule has 0 aliphatic heterocycles. The monoisotopic (exact) mass is 269 g/mol. The maximum absolute atomic E-state index is 8.73. The molecular weight excluding hydrogens is 246 g/mol. The molecule has 0 fully saturated rings. The maximum atomic E-state index is 8.73. The summed E-state index contributed by atoms with van der Waals surface area (Å²) in [5.41, 5.74) is 4.88. The third-order valence-corrected chi connectivity index (χ3v) is 3.70. The van der Waals surface area contributed by atoms with Crippen molar-refractivity contribution in [3.63, 3.8) is 0 Å². The first-order valence-electron chi connectivity index (χ1n) is 7.36. The van der Waals surface area contributed by atoms with Crippen LogP contribution in [-0.2, 0) is 13.0 Å². The molecule has 3 nitrogen and oxygen atoms in total. The van der Waals surface area contributed by atoms with Crippen molar-refractivity contribution in [2.75, 3.05) is 0 Å². The minimum atomic E-state index is 0.587. The number of rotatable bonds is 5. The Balaban J connectivity index is 2.47. The van der Waals surface area contributed by atoms with Gasteiger partial charge in [0.05, 0.1) is 17.1 Å². The van der Waals surface area contributed by atoms with Crippen molar-refractivity contribution in [3.8, 4) is 6.07 Å². The van der Waals surface area contributed by atoms with E-state index in [1.807, 2.05) is 0 Å². The summed E-state index contributed by atoms with van der Waals surface area (Å²) in [7, 11) is 0. The number of hydrogen-bond donors (Lipinski definition) is 0. The molecule has 2 rings (SSSR count). The Morgan fingerprint density at radius 2 is 1.95 bits per heavy atom. The molecule has 0 bridgehead atoms. The summed E-state index contributed by atoms with van der Waals surface area (Å²) in [6, 6.07) is 6.63. The van der Waals surface area contributed by atoms with Crippen molar-refractivity contribution in [2.24, 2.45) is 5.92 Å². The van der Waals surface area contributed by atoms with Gasteiger partial charge in [-0.15, -0.1) is 0 Å². The Bertz CT molecular complexity index is 644. The van der Waals surface area contributed by atoms with E-state index < -0.39 is 0 Å². The van der Waals surface area contributed by atoms with Crippen LogP contribution in [0.1, 0.15) is 43.6 Å². The fraction of sp³-hybridized carbons (Fsp3) is 0.529. The average Bonchev–Trinajstić information content (AvgIpc) is 2.67. The van der Waals surface area contributed by atoms with E-state index in [4.69, 9.17) is 10.2 Å². The summed E-state index contributed by atoms with van der Waals surface area (Å²) < 4.78 is 2.30. The zero-order valence-electron chi connectivity index (χ0n) is 12.9. The second-order valence-corrected chi connectivity index (χ2v) is 5.96. The van der Waals surface area contributed by atoms with Gasteiger partial charge < -0.3 is 4.57 Å². The molecule has 20 heavy (non-hydrogen) atoms. The molecule has 0 spiro atoms. The number of aromatic nitrogens is 2. The summed E-state index contributed by atoms with van der Waals surface area (Å²) >= 11 is 0. The summed E-state index contributed by atoms with van der Waals surface area (Å²) in [6.45, 7) is 9.59. The number of nitriles is 1. The van der Waals surface area contributed by atoms with Gasteiger partial charge in [0.2, 0.25) is 0 Å². The van der Waals surface area contributed by atoms with Crippen LogP contribution in [0.5, 0.6) is 0 Å². The summed E-state index contributed by atoms with van der Waals surface area (Å²) in [5.74, 6) is 1.74. The van der Waals surface area contributed by atoms with Crippen molar-refractivity contribution < 1.29 is 0 Å². The van der Waals surface area contributed by atoms with Crippen molar-refractivity contribution in [3.05, 3.63) is 29.1 Å². The molecule has 0 aliphatic rings. The first-order chi connectivity index (χ1) is 9.52. The molecule has 0 amide bonds. The second kappa shape index (κ2) is 6.09. The quantitative estimate of drug-likeness (QED) is 0.765. The molecule has 0 aliphatic carbocycles. The van der Waals surface area contributed by atoms with E-state index in [1.54, 1.807) is 0 Å². The molecule has 0 N–H and O–H groups in total. The average molecular weight is 269 g/mol. The molecule has 106 valence electrons. The van der Waals surface area contributed by atoms with Gasteiger partial charge in [0, 0.05) is 19.4 Å². The van der Waals surface area contributed by atoms with E-state index in [2.05, 4.69) is 50.5 Å². The Hall–Kier alpha value is -1.82. The van der Waals surface area contributed by atoms with Crippen molar-refractivity contribution in [1.29, 1.82) is 5.26 Å². The Morgan fingerprint density at radius 1 is 1.25 bits per heavy atom. The molecule has 1 aromatic carbocycles. The van der Waals surface area contributed by atoms with Crippen LogP contribution in [0.25, 0.3) is 11.0 Å². The van der Waals surface area contributed by atoms with Gasteiger partial charge in [-0.25, -0.2) is 4.98 Å². The Kier molecular flexibility index (Phi) is 4.44. The smallest absolute Gasteiger partial charge is 0.110 e. The molecule has 0 atom stereocenters. The van der Waals surface area contributed by atoms with Gasteiger partial charge in [-0.05, 0) is 49.4 Å². The normalized spacial score (nSPS) is 11.2. The van der Waals surface area contributed by atoms with Crippen LogP contribution in [0.3, 0.4) is 0 Å². The van der Waals surface area contributed by atoms with E-state index in [0.717, 1.165) is 30.7 Å². The van der Waals surface area contributed by atoms with Crippen LogP contribution in [0.2, 0.25) is 0 Å². The fourth-order valence-electron chi connectivity index (χ4n) is 2.52. The van der Waals surface area contributed by atoms with Crippen molar-refractivity contribution in [1.82, 2.24) is 9.55 Å². The highest BCUT2D eigenvalue weighted by atomic mass is 15.1. The Labute approximate surface area is 121 Å². The van der Waals surface area contributed by atoms with Crippen LogP contribution in [0, 0.1) is 31.1 Å². The number of fused-ring (bicyclic) bond motifs is 1. The zero-order chi connectivity index (χ0) is 14.7. The summed E-state index contributed by atoms with van der Waals surface area (Å²) in [6.07, 6.45) is 2.48. The van der Waals surface area contributed by atoms with Crippen molar-refractivity contribution >= 4 is 11.0 Å². The first-order valence-corrected chi connectivity index (χ1v) is 7.36. The maximum Gasteiger partial charge on any atom is 0.110 e. The van der Waals surface area contributed by atoms with Gasteiger partial charge in [-0.3, -0.25) is 0 Å². The number of imidazole rings is 1. The molecule has 0 radical (unpaired) electrons. The van der Waals surface area contributed by atoms with Crippen LogP contribution < -0.4 is 0 Å². The standard InChI is InChI=1S/C17H23N3/c1-12(2)9-17-19-15-10-13(3)14(4)11-16(15)20(17)8-6-5-7-18/h10-12H,5-6,8-9H2,1-4H3. The highest BCUT2D eigenvalue weighted by molar-refractivity contribution is 5.78. The first kappa shape index (κ1) is 14.6. The topological polar surface area (TPSA) is 41.6 Å². The lowest BCUT2D eigenvalue weighted by molar-refractivity contribution is 0.568. The minimum Gasteiger partial charge on any atom is -0.328 e. The second-order valence-electron chi connectivity index (χ2n) is 5.96. The third-order valence-electron chi connectivity index (χ3n) is 3.70. The highest BCUT2D eigenvalue weighted by Gasteiger charge is 2.13. The Morgan fingerprint density at radius 3 is 2.60 bits per heavy atom. The number of benzene rings is 1. The predicted octanol–water partition coefficient (Wildman–Crippen LogP) is 4.16. The van der Waals surface area contributed by atoms with Crippen LogP contribution in [-0.4, -0.2) is 9.55 Å². The van der Waals surface area contributed by atoms with Crippen LogP contribution in [0.15, 0.2) is 12.1 Å². The van der Waals surface area contributed by atoms with E-state index in [9.17, 15) is 0 Å².